The van der Waals surface area contributed by atoms with E-state index in [4.69, 9.17) is 24.1 Å². The molecular weight excluding hydrogens is 780 g/mol. The Morgan fingerprint density at radius 2 is 1.23 bits per heavy atom. The highest BCUT2D eigenvalue weighted by molar-refractivity contribution is 6.04. The van der Waals surface area contributed by atoms with Gasteiger partial charge in [0.15, 0.2) is 11.6 Å². The highest BCUT2D eigenvalue weighted by Gasteiger charge is 2.24. The third-order valence-electron chi connectivity index (χ3n) is 8.82. The number of alkyl carbamates (subject to hydrolysis) is 2. The minimum absolute atomic E-state index is 0.0983. The van der Waals surface area contributed by atoms with E-state index in [1.165, 1.54) is 18.2 Å². The first-order chi connectivity index (χ1) is 28.5. The number of Topliss-reactive ketones (excluding diaryl/α,β-unsaturated/α-hetero) is 2. The van der Waals surface area contributed by atoms with Crippen LogP contribution in [0.5, 0.6) is 0 Å². The van der Waals surface area contributed by atoms with Gasteiger partial charge in [0.2, 0.25) is 0 Å². The summed E-state index contributed by atoms with van der Waals surface area (Å²) in [6, 6.07) is 12.1. The third-order valence-corrected chi connectivity index (χ3v) is 8.82. The van der Waals surface area contributed by atoms with Gasteiger partial charge in [-0.25, -0.2) is 19.2 Å². The molecule has 0 bridgehead atoms. The van der Waals surface area contributed by atoms with E-state index < -0.39 is 47.7 Å². The molecule has 6 N–H and O–H groups in total. The molecule has 17 heteroatoms. The number of carboxylic acids is 2. The summed E-state index contributed by atoms with van der Waals surface area (Å²) in [5.74, 6) is -3.04. The highest BCUT2D eigenvalue weighted by atomic mass is 16.6. The van der Waals surface area contributed by atoms with Crippen LogP contribution in [-0.2, 0) is 35.1 Å². The van der Waals surface area contributed by atoms with E-state index >= 15 is 0 Å². The average molecular weight is 843 g/mol. The number of ketones is 2. The van der Waals surface area contributed by atoms with Crippen LogP contribution in [0.4, 0.5) is 20.1 Å². The monoisotopic (exact) mass is 842 g/mol. The smallest absolute Gasteiger partial charge is 0.408 e. The second-order valence-electron chi connectivity index (χ2n) is 15.2. The van der Waals surface area contributed by atoms with E-state index in [1.54, 1.807) is 27.7 Å². The molecule has 2 rings (SSSR count). The van der Waals surface area contributed by atoms with Gasteiger partial charge in [0.25, 0.3) is 0 Å². The second kappa shape index (κ2) is 28.0. The van der Waals surface area contributed by atoms with Gasteiger partial charge < -0.3 is 50.4 Å². The van der Waals surface area contributed by atoms with Gasteiger partial charge in [-0.15, -0.1) is 0 Å². The molecule has 0 saturated heterocycles. The van der Waals surface area contributed by atoms with E-state index in [0.29, 0.717) is 44.9 Å². The molecule has 2 atom stereocenters. The lowest BCUT2D eigenvalue weighted by Gasteiger charge is -2.22. The minimum atomic E-state index is -1.20. The van der Waals surface area contributed by atoms with Crippen molar-refractivity contribution in [1.29, 1.82) is 0 Å². The number of urea groups is 1. The lowest BCUT2D eigenvalue weighted by molar-refractivity contribution is -0.141. The molecule has 2 aromatic rings. The van der Waals surface area contributed by atoms with Crippen molar-refractivity contribution in [2.45, 2.75) is 110 Å². The number of carbonyl (C=O) groups excluding carboxylic acids is 5. The Morgan fingerprint density at radius 3 is 1.78 bits per heavy atom. The fourth-order valence-electron chi connectivity index (χ4n) is 5.60. The molecule has 0 aliphatic heterocycles. The van der Waals surface area contributed by atoms with Crippen molar-refractivity contribution < 1.29 is 62.7 Å². The van der Waals surface area contributed by atoms with Gasteiger partial charge >= 0.3 is 30.2 Å². The van der Waals surface area contributed by atoms with E-state index in [1.807, 2.05) is 30.3 Å². The SMILES string of the molecule is C[C@@H](CCCCCC(=O)c1cc(NC(=O)NCCOCCOCCNC(=O)OCc2ccccc2)cc(C(=O)CCCCC[C@H](NC(=O)OC(C)(C)C)C(=O)O)c1)C(=O)O. The van der Waals surface area contributed by atoms with Crippen LogP contribution in [-0.4, -0.2) is 103 Å². The van der Waals surface area contributed by atoms with Crippen LogP contribution in [0.3, 0.4) is 0 Å². The Labute approximate surface area is 351 Å². The number of carbonyl (C=O) groups is 7. The van der Waals surface area contributed by atoms with Crippen molar-refractivity contribution in [2.24, 2.45) is 5.92 Å². The normalized spacial score (nSPS) is 12.1. The fraction of sp³-hybridized carbons (Fsp3) is 0.558. The van der Waals surface area contributed by atoms with Gasteiger partial charge in [0.05, 0.1) is 32.3 Å². The summed E-state index contributed by atoms with van der Waals surface area (Å²) in [6.07, 6.45) is 2.69. The Bertz CT molecular complexity index is 1680. The summed E-state index contributed by atoms with van der Waals surface area (Å²) in [5.41, 5.74) is 0.804. The summed E-state index contributed by atoms with van der Waals surface area (Å²) < 4.78 is 21.2. The summed E-state index contributed by atoms with van der Waals surface area (Å²) in [5, 5.41) is 28.9. The number of hydrogen-bond donors (Lipinski definition) is 6. The molecular formula is C43H62N4O13. The fourth-order valence-corrected chi connectivity index (χ4v) is 5.60. The van der Waals surface area contributed by atoms with Gasteiger partial charge in [-0.1, -0.05) is 62.9 Å². The van der Waals surface area contributed by atoms with Gasteiger partial charge in [-0.05, 0) is 70.2 Å². The topological polar surface area (TPSA) is 245 Å². The molecule has 0 unspecified atom stereocenters. The predicted molar refractivity (Wildman–Crippen MR) is 222 cm³/mol. The molecule has 0 radical (unpaired) electrons. The quantitative estimate of drug-likeness (QED) is 0.0368. The van der Waals surface area contributed by atoms with Crippen molar-refractivity contribution in [1.82, 2.24) is 16.0 Å². The molecule has 0 aliphatic rings. The van der Waals surface area contributed by atoms with Crippen molar-refractivity contribution in [3.05, 3.63) is 65.2 Å². The van der Waals surface area contributed by atoms with E-state index in [9.17, 15) is 38.7 Å². The minimum Gasteiger partial charge on any atom is -0.481 e. The number of nitrogens with one attached hydrogen (secondary N) is 4. The molecule has 0 aliphatic carbocycles. The summed E-state index contributed by atoms with van der Waals surface area (Å²) in [7, 11) is 0. The first-order valence-electron chi connectivity index (χ1n) is 20.4. The first kappa shape index (κ1) is 50.6. The number of benzene rings is 2. The van der Waals surface area contributed by atoms with Gasteiger partial charge in [0.1, 0.15) is 18.2 Å². The Hall–Kier alpha value is -5.55. The van der Waals surface area contributed by atoms with Crippen LogP contribution >= 0.6 is 0 Å². The number of anilines is 1. The second-order valence-corrected chi connectivity index (χ2v) is 15.2. The van der Waals surface area contributed by atoms with Crippen LogP contribution in [0.2, 0.25) is 0 Å². The number of ether oxygens (including phenoxy) is 4. The van der Waals surface area contributed by atoms with Crippen LogP contribution in [0, 0.1) is 5.92 Å². The number of aliphatic carboxylic acids is 2. The Balaban J connectivity index is 1.83. The van der Waals surface area contributed by atoms with Gasteiger partial charge in [0, 0.05) is 42.7 Å². The predicted octanol–water partition coefficient (Wildman–Crippen LogP) is 6.73. The Kier molecular flexibility index (Phi) is 23.6. The number of carboxylic acid groups (broad SMARTS) is 2. The maximum Gasteiger partial charge on any atom is 0.408 e. The van der Waals surface area contributed by atoms with Crippen LogP contribution in [0.1, 0.15) is 118 Å². The maximum absolute atomic E-state index is 13.3. The molecule has 332 valence electrons. The molecule has 0 saturated carbocycles. The third kappa shape index (κ3) is 23.1. The molecule has 2 aromatic carbocycles. The standard InChI is InChI=1S/C43H62N4O13/c1-30(38(50)51)14-8-5-12-18-36(48)32-26-33(37(49)19-13-7-11-17-35(39(52)53)47-42(56)60-43(2,3)4)28-34(27-32)46-40(54)44-20-22-57-24-25-58-23-21-45-41(55)59-29-31-15-9-6-10-16-31/h6,9-10,15-16,26-28,30,35H,5,7-8,11-14,17-25,29H2,1-4H3,(H,45,55)(H,47,56)(H,50,51)(H,52,53)(H2,44,46,54)/t30-,35-/m0/s1. The largest absolute Gasteiger partial charge is 0.481 e. The number of amides is 4. The van der Waals surface area contributed by atoms with Crippen molar-refractivity contribution in [2.75, 3.05) is 44.8 Å². The molecule has 0 fully saturated rings. The number of hydrogen-bond acceptors (Lipinski definition) is 11. The number of rotatable bonds is 29. The highest BCUT2D eigenvalue weighted by Crippen LogP contribution is 2.21. The lowest BCUT2D eigenvalue weighted by Crippen LogP contribution is -2.43. The number of unbranched alkanes of at least 4 members (excludes halogenated alkanes) is 4. The molecule has 4 amide bonds. The summed E-state index contributed by atoms with van der Waals surface area (Å²) >= 11 is 0. The van der Waals surface area contributed by atoms with Crippen LogP contribution < -0.4 is 21.3 Å². The van der Waals surface area contributed by atoms with Gasteiger partial charge in [-0.3, -0.25) is 14.4 Å². The van der Waals surface area contributed by atoms with Gasteiger partial charge in [-0.2, -0.15) is 0 Å². The molecule has 17 nitrogen and oxygen atoms in total. The molecule has 0 spiro atoms. The van der Waals surface area contributed by atoms with E-state index in [2.05, 4.69) is 21.3 Å². The van der Waals surface area contributed by atoms with Crippen molar-refractivity contribution in [3.63, 3.8) is 0 Å². The lowest BCUT2D eigenvalue weighted by atomic mass is 9.97. The van der Waals surface area contributed by atoms with E-state index in [-0.39, 0.29) is 93.8 Å². The average Bonchev–Trinajstić information content (AvgIpc) is 3.19. The van der Waals surface area contributed by atoms with E-state index in [0.717, 1.165) is 5.56 Å². The van der Waals surface area contributed by atoms with Crippen molar-refractivity contribution in [3.8, 4) is 0 Å². The molecule has 0 heterocycles. The maximum atomic E-state index is 13.3. The molecule has 0 aromatic heterocycles. The summed E-state index contributed by atoms with van der Waals surface area (Å²) in [4.78, 5) is 85.9. The zero-order valence-corrected chi connectivity index (χ0v) is 35.2. The zero-order valence-electron chi connectivity index (χ0n) is 35.2. The summed E-state index contributed by atoms with van der Waals surface area (Å²) in [6.45, 7) is 8.18. The first-order valence-corrected chi connectivity index (χ1v) is 20.4. The Morgan fingerprint density at radius 1 is 0.667 bits per heavy atom. The zero-order chi connectivity index (χ0) is 44.3. The molecule has 60 heavy (non-hydrogen) atoms. The van der Waals surface area contributed by atoms with Crippen LogP contribution in [0.15, 0.2) is 48.5 Å². The van der Waals surface area contributed by atoms with Crippen molar-refractivity contribution >= 4 is 47.4 Å². The van der Waals surface area contributed by atoms with Crippen LogP contribution in [0.25, 0.3) is 0 Å².